The van der Waals surface area contributed by atoms with E-state index in [0.717, 1.165) is 30.6 Å². The second kappa shape index (κ2) is 7.78. The first kappa shape index (κ1) is 17.5. The fourth-order valence-electron chi connectivity index (χ4n) is 3.67. The number of oxazole rings is 1. The summed E-state index contributed by atoms with van der Waals surface area (Å²) in [5.41, 5.74) is 4.82. The van der Waals surface area contributed by atoms with E-state index in [1.54, 1.807) is 6.20 Å². The minimum atomic E-state index is 0.0480. The first-order chi connectivity index (χ1) is 13.2. The topological polar surface area (TPSA) is 55.1 Å². The molecule has 0 saturated heterocycles. The number of hydrogen-bond acceptors (Lipinski definition) is 3. The number of aryl methyl sites for hydroxylation is 3. The molecular formula is C23H24N2O2. The summed E-state index contributed by atoms with van der Waals surface area (Å²) in [5, 5.41) is 3.18. The molecule has 1 aromatic heterocycles. The van der Waals surface area contributed by atoms with Crippen LogP contribution in [0.1, 0.15) is 47.9 Å². The Hall–Kier alpha value is -2.88. The fraction of sp³-hybridized carbons (Fsp3) is 0.304. The number of carbonyl (C=O) groups excluding carboxylic acids is 1. The van der Waals surface area contributed by atoms with Crippen molar-refractivity contribution in [2.24, 2.45) is 0 Å². The number of nitrogens with zero attached hydrogens (tertiary/aromatic N) is 1. The standard InChI is InChI=1S/C23H24N2O2/c1-16-9-11-18(12-10-16)21-15-24-23(27-21)14-13-22(26)25-20-8-4-6-17-5-2-3-7-19(17)20/h2-3,5,7,9-12,15,20H,4,6,8,13-14H2,1H3,(H,25,26). The highest BCUT2D eigenvalue weighted by atomic mass is 16.4. The molecule has 1 N–H and O–H groups in total. The molecule has 4 nitrogen and oxygen atoms in total. The molecule has 1 aliphatic rings. The maximum absolute atomic E-state index is 12.4. The molecule has 0 bridgehead atoms. The maximum atomic E-state index is 12.4. The molecule has 0 radical (unpaired) electrons. The average Bonchev–Trinajstić information content (AvgIpc) is 3.16. The van der Waals surface area contributed by atoms with Crippen LogP contribution in [0, 0.1) is 6.92 Å². The minimum absolute atomic E-state index is 0.0480. The molecule has 4 heteroatoms. The Labute approximate surface area is 159 Å². The quantitative estimate of drug-likeness (QED) is 0.713. The van der Waals surface area contributed by atoms with Crippen LogP contribution < -0.4 is 5.32 Å². The number of aromatic nitrogens is 1. The van der Waals surface area contributed by atoms with Crippen LogP contribution in [0.2, 0.25) is 0 Å². The van der Waals surface area contributed by atoms with Gasteiger partial charge in [0, 0.05) is 18.4 Å². The van der Waals surface area contributed by atoms with Crippen LogP contribution in [0.4, 0.5) is 0 Å². The predicted molar refractivity (Wildman–Crippen MR) is 105 cm³/mol. The number of fused-ring (bicyclic) bond motifs is 1. The zero-order valence-corrected chi connectivity index (χ0v) is 15.6. The molecule has 0 spiro atoms. The third-order valence-electron chi connectivity index (χ3n) is 5.16. The largest absolute Gasteiger partial charge is 0.441 e. The van der Waals surface area contributed by atoms with Crippen LogP contribution in [0.3, 0.4) is 0 Å². The lowest BCUT2D eigenvalue weighted by Gasteiger charge is -2.26. The van der Waals surface area contributed by atoms with Gasteiger partial charge in [0.2, 0.25) is 5.91 Å². The van der Waals surface area contributed by atoms with Crippen LogP contribution in [-0.4, -0.2) is 10.9 Å². The zero-order chi connectivity index (χ0) is 18.6. The third kappa shape index (κ3) is 4.11. The van der Waals surface area contributed by atoms with Crippen LogP contribution in [0.15, 0.2) is 59.1 Å². The number of carbonyl (C=O) groups is 1. The van der Waals surface area contributed by atoms with E-state index in [9.17, 15) is 4.79 Å². The second-order valence-electron chi connectivity index (χ2n) is 7.20. The van der Waals surface area contributed by atoms with E-state index in [2.05, 4.69) is 35.4 Å². The van der Waals surface area contributed by atoms with Crippen LogP contribution in [-0.2, 0) is 17.6 Å². The molecule has 3 aromatic rings. The zero-order valence-electron chi connectivity index (χ0n) is 15.6. The molecule has 2 aromatic carbocycles. The van der Waals surface area contributed by atoms with E-state index in [4.69, 9.17) is 4.42 Å². The van der Waals surface area contributed by atoms with Crippen molar-refractivity contribution in [3.63, 3.8) is 0 Å². The van der Waals surface area contributed by atoms with Crippen molar-refractivity contribution in [3.05, 3.63) is 77.3 Å². The molecule has 27 heavy (non-hydrogen) atoms. The van der Waals surface area contributed by atoms with Crippen molar-refractivity contribution in [2.75, 3.05) is 0 Å². The predicted octanol–water partition coefficient (Wildman–Crippen LogP) is 4.78. The fourth-order valence-corrected chi connectivity index (χ4v) is 3.67. The van der Waals surface area contributed by atoms with Crippen molar-refractivity contribution in [3.8, 4) is 11.3 Å². The highest BCUT2D eigenvalue weighted by molar-refractivity contribution is 5.76. The van der Waals surface area contributed by atoms with Crippen molar-refractivity contribution < 1.29 is 9.21 Å². The van der Waals surface area contributed by atoms with Gasteiger partial charge in [-0.1, -0.05) is 54.1 Å². The summed E-state index contributed by atoms with van der Waals surface area (Å²) in [4.78, 5) is 16.8. The summed E-state index contributed by atoms with van der Waals surface area (Å²) in [5.74, 6) is 1.39. The summed E-state index contributed by atoms with van der Waals surface area (Å²) in [6, 6.07) is 16.7. The summed E-state index contributed by atoms with van der Waals surface area (Å²) >= 11 is 0. The van der Waals surface area contributed by atoms with Gasteiger partial charge in [0.1, 0.15) is 0 Å². The number of hydrogen-bond donors (Lipinski definition) is 1. The Balaban J connectivity index is 1.34. The number of amides is 1. The normalized spacial score (nSPS) is 16.0. The van der Waals surface area contributed by atoms with Crippen molar-refractivity contribution in [1.82, 2.24) is 10.3 Å². The van der Waals surface area contributed by atoms with Crippen molar-refractivity contribution in [2.45, 2.75) is 45.1 Å². The monoisotopic (exact) mass is 360 g/mol. The molecule has 1 heterocycles. The van der Waals surface area contributed by atoms with E-state index in [-0.39, 0.29) is 11.9 Å². The molecule has 4 rings (SSSR count). The van der Waals surface area contributed by atoms with Crippen molar-refractivity contribution >= 4 is 5.91 Å². The highest BCUT2D eigenvalue weighted by Crippen LogP contribution is 2.29. The average molecular weight is 360 g/mol. The number of benzene rings is 2. The van der Waals surface area contributed by atoms with Gasteiger partial charge < -0.3 is 9.73 Å². The Morgan fingerprint density at radius 2 is 2.00 bits per heavy atom. The van der Waals surface area contributed by atoms with Gasteiger partial charge in [0.05, 0.1) is 12.2 Å². The molecule has 0 saturated carbocycles. The van der Waals surface area contributed by atoms with Gasteiger partial charge in [-0.3, -0.25) is 4.79 Å². The SMILES string of the molecule is Cc1ccc(-c2cnc(CCC(=O)NC3CCCc4ccccc43)o2)cc1. The lowest BCUT2D eigenvalue weighted by Crippen LogP contribution is -2.31. The van der Waals surface area contributed by atoms with Gasteiger partial charge in [0.25, 0.3) is 0 Å². The molecule has 1 aliphatic carbocycles. The second-order valence-corrected chi connectivity index (χ2v) is 7.20. The van der Waals surface area contributed by atoms with Gasteiger partial charge in [-0.15, -0.1) is 0 Å². The van der Waals surface area contributed by atoms with Crippen LogP contribution in [0.25, 0.3) is 11.3 Å². The van der Waals surface area contributed by atoms with E-state index >= 15 is 0 Å². The van der Waals surface area contributed by atoms with Crippen LogP contribution >= 0.6 is 0 Å². The summed E-state index contributed by atoms with van der Waals surface area (Å²) in [7, 11) is 0. The van der Waals surface area contributed by atoms with Crippen LogP contribution in [0.5, 0.6) is 0 Å². The van der Waals surface area contributed by atoms with Gasteiger partial charge in [-0.05, 0) is 37.3 Å². The highest BCUT2D eigenvalue weighted by Gasteiger charge is 2.21. The number of rotatable bonds is 5. The van der Waals surface area contributed by atoms with E-state index in [1.165, 1.54) is 16.7 Å². The van der Waals surface area contributed by atoms with E-state index in [0.29, 0.717) is 18.7 Å². The van der Waals surface area contributed by atoms with Gasteiger partial charge in [-0.25, -0.2) is 4.98 Å². The molecular weight excluding hydrogens is 336 g/mol. The molecule has 1 amide bonds. The van der Waals surface area contributed by atoms with E-state index < -0.39 is 0 Å². The lowest BCUT2D eigenvalue weighted by atomic mass is 9.87. The first-order valence-corrected chi connectivity index (χ1v) is 9.58. The molecule has 138 valence electrons. The van der Waals surface area contributed by atoms with Gasteiger partial charge in [0.15, 0.2) is 11.7 Å². The summed E-state index contributed by atoms with van der Waals surface area (Å²) in [6.07, 6.45) is 5.83. The Morgan fingerprint density at radius 1 is 1.19 bits per heavy atom. The minimum Gasteiger partial charge on any atom is -0.441 e. The lowest BCUT2D eigenvalue weighted by molar-refractivity contribution is -0.122. The van der Waals surface area contributed by atoms with Crippen molar-refractivity contribution in [1.29, 1.82) is 0 Å². The Kier molecular flexibility index (Phi) is 5.05. The first-order valence-electron chi connectivity index (χ1n) is 9.58. The van der Waals surface area contributed by atoms with Gasteiger partial charge >= 0.3 is 0 Å². The summed E-state index contributed by atoms with van der Waals surface area (Å²) < 4.78 is 5.82. The molecule has 0 fully saturated rings. The summed E-state index contributed by atoms with van der Waals surface area (Å²) in [6.45, 7) is 2.05. The molecule has 1 unspecified atom stereocenters. The smallest absolute Gasteiger partial charge is 0.220 e. The van der Waals surface area contributed by atoms with E-state index in [1.807, 2.05) is 30.3 Å². The third-order valence-corrected chi connectivity index (χ3v) is 5.16. The number of nitrogens with one attached hydrogen (secondary N) is 1. The Bertz CT molecular complexity index is 928. The molecule has 1 atom stereocenters. The van der Waals surface area contributed by atoms with Gasteiger partial charge in [-0.2, -0.15) is 0 Å². The Morgan fingerprint density at radius 3 is 2.85 bits per heavy atom. The molecule has 0 aliphatic heterocycles. The maximum Gasteiger partial charge on any atom is 0.220 e.